The molecule has 3 aromatic rings. The van der Waals surface area contributed by atoms with E-state index in [0.717, 1.165) is 10.4 Å². The first-order valence-electron chi connectivity index (χ1n) is 8.00. The van der Waals surface area contributed by atoms with Gasteiger partial charge in [0, 0.05) is 17.7 Å². The molecule has 3 rings (SSSR count). The van der Waals surface area contributed by atoms with E-state index in [1.165, 1.54) is 24.5 Å². The maximum absolute atomic E-state index is 13.4. The molecule has 2 N–H and O–H groups in total. The lowest BCUT2D eigenvalue weighted by molar-refractivity contribution is 0.235. The van der Waals surface area contributed by atoms with Gasteiger partial charge in [-0.25, -0.2) is 9.38 Å². The molecule has 2 aromatic carbocycles. The van der Waals surface area contributed by atoms with Crippen LogP contribution in [0.15, 0.2) is 68.8 Å². The molecule has 0 fully saturated rings. The van der Waals surface area contributed by atoms with Gasteiger partial charge in [-0.05, 0) is 39.7 Å². The molecule has 0 radical (unpaired) electrons. The Kier molecular flexibility index (Phi) is 6.44. The monoisotopic (exact) mass is 447 g/mol. The average Bonchev–Trinajstić information content (AvgIpc) is 3.11. The summed E-state index contributed by atoms with van der Waals surface area (Å²) in [6.07, 6.45) is 2.40. The van der Waals surface area contributed by atoms with Crippen molar-refractivity contribution in [2.75, 3.05) is 0 Å². The zero-order valence-corrected chi connectivity index (χ0v) is 16.4. The maximum Gasteiger partial charge on any atom is 0.162 e. The van der Waals surface area contributed by atoms with Crippen LogP contribution < -0.4 is 5.48 Å². The molecule has 0 aliphatic heterocycles. The number of hydroxylamine groups is 1. The number of amidine groups is 1. The van der Waals surface area contributed by atoms with Crippen LogP contribution in [0.25, 0.3) is 0 Å². The van der Waals surface area contributed by atoms with Gasteiger partial charge in [0.15, 0.2) is 5.84 Å². The molecular formula is C19H15BrFN3O2S. The highest BCUT2D eigenvalue weighted by atomic mass is 79.9. The van der Waals surface area contributed by atoms with E-state index in [9.17, 15) is 9.60 Å². The molecule has 0 saturated heterocycles. The fraction of sp³-hybridized carbons (Fsp3) is 0.105. The third-order valence-electron chi connectivity index (χ3n) is 3.76. The molecule has 27 heavy (non-hydrogen) atoms. The molecule has 0 aliphatic carbocycles. The predicted octanol–water partition coefficient (Wildman–Crippen LogP) is 4.79. The Morgan fingerprint density at radius 3 is 2.70 bits per heavy atom. The largest absolute Gasteiger partial charge is 0.364 e. The molecule has 0 bridgehead atoms. The van der Waals surface area contributed by atoms with E-state index in [1.807, 2.05) is 35.8 Å². The van der Waals surface area contributed by atoms with Gasteiger partial charge in [-0.2, -0.15) is 0 Å². The molecule has 0 unspecified atom stereocenters. The summed E-state index contributed by atoms with van der Waals surface area (Å²) in [4.78, 5) is 5.07. The van der Waals surface area contributed by atoms with Crippen LogP contribution in [-0.2, 0) is 12.8 Å². The molecule has 1 heterocycles. The Hall–Kier alpha value is -2.42. The van der Waals surface area contributed by atoms with Crippen LogP contribution >= 0.6 is 28.1 Å². The second-order valence-electron chi connectivity index (χ2n) is 5.72. The number of nitrogens with one attached hydrogen (secondary N) is 1. The molecule has 0 amide bonds. The van der Waals surface area contributed by atoms with Gasteiger partial charge in [0.05, 0.1) is 21.4 Å². The lowest BCUT2D eigenvalue weighted by Gasteiger charge is -2.06. The fourth-order valence-electron chi connectivity index (χ4n) is 2.48. The van der Waals surface area contributed by atoms with E-state index in [0.29, 0.717) is 29.8 Å². The van der Waals surface area contributed by atoms with Crippen molar-refractivity contribution in [1.82, 2.24) is 10.6 Å². The van der Waals surface area contributed by atoms with E-state index in [4.69, 9.17) is 16.7 Å². The Bertz CT molecular complexity index is 976. The van der Waals surface area contributed by atoms with Gasteiger partial charge < -0.3 is 4.52 Å². The van der Waals surface area contributed by atoms with Crippen molar-refractivity contribution < 1.29 is 14.1 Å². The number of aromatic nitrogens is 1. The first-order valence-corrected chi connectivity index (χ1v) is 9.20. The second-order valence-corrected chi connectivity index (χ2v) is 7.16. The number of aliphatic imine (C=N–C) groups is 1. The molecule has 8 heteroatoms. The van der Waals surface area contributed by atoms with E-state index in [1.54, 1.807) is 0 Å². The number of benzene rings is 2. The second kappa shape index (κ2) is 8.98. The summed E-state index contributed by atoms with van der Waals surface area (Å²) in [6, 6.07) is 14.1. The normalized spacial score (nSPS) is 11.4. The van der Waals surface area contributed by atoms with Crippen LogP contribution in [0.1, 0.15) is 16.8 Å². The van der Waals surface area contributed by atoms with Crippen LogP contribution in [0, 0.1) is 5.82 Å². The number of nitrogens with zero attached hydrogens (tertiary/aromatic N) is 2. The van der Waals surface area contributed by atoms with E-state index in [2.05, 4.69) is 26.1 Å². The molecule has 0 saturated carbocycles. The third kappa shape index (κ3) is 5.06. The first kappa shape index (κ1) is 19.3. The van der Waals surface area contributed by atoms with Crippen molar-refractivity contribution in [2.24, 2.45) is 4.99 Å². The summed E-state index contributed by atoms with van der Waals surface area (Å²) < 4.78 is 18.7. The summed E-state index contributed by atoms with van der Waals surface area (Å²) in [5, 5.41) is 13.5. The Labute approximate surface area is 169 Å². The minimum absolute atomic E-state index is 0.132. The molecule has 0 spiro atoms. The summed E-state index contributed by atoms with van der Waals surface area (Å²) in [7, 11) is 0. The third-order valence-corrected chi connectivity index (χ3v) is 4.65. The first-order chi connectivity index (χ1) is 13.1. The summed E-state index contributed by atoms with van der Waals surface area (Å²) in [5.74, 6) is -0.267. The molecular weight excluding hydrogens is 433 g/mol. The Balaban J connectivity index is 1.80. The van der Waals surface area contributed by atoms with Crippen LogP contribution in [0.4, 0.5) is 10.1 Å². The van der Waals surface area contributed by atoms with Crippen molar-refractivity contribution in [2.45, 2.75) is 12.8 Å². The van der Waals surface area contributed by atoms with Gasteiger partial charge in [0.1, 0.15) is 12.1 Å². The summed E-state index contributed by atoms with van der Waals surface area (Å²) in [6.45, 7) is 0. The lowest BCUT2D eigenvalue weighted by Crippen LogP contribution is -2.21. The van der Waals surface area contributed by atoms with Gasteiger partial charge in [-0.15, -0.1) is 0 Å². The fourth-order valence-corrected chi connectivity index (χ4v) is 3.15. The van der Waals surface area contributed by atoms with Crippen molar-refractivity contribution in [1.29, 1.82) is 0 Å². The summed E-state index contributed by atoms with van der Waals surface area (Å²) in [5.41, 5.74) is 4.63. The van der Waals surface area contributed by atoms with Crippen LogP contribution in [0.3, 0.4) is 0 Å². The van der Waals surface area contributed by atoms with Crippen molar-refractivity contribution in [3.05, 3.63) is 81.9 Å². The minimum atomic E-state index is -0.399. The number of rotatable bonds is 6. The van der Waals surface area contributed by atoms with Crippen molar-refractivity contribution in [3.63, 3.8) is 0 Å². The summed E-state index contributed by atoms with van der Waals surface area (Å²) >= 11 is 8.59. The van der Waals surface area contributed by atoms with Crippen molar-refractivity contribution in [3.8, 4) is 0 Å². The highest BCUT2D eigenvalue weighted by Gasteiger charge is 2.16. The van der Waals surface area contributed by atoms with E-state index >= 15 is 0 Å². The minimum Gasteiger partial charge on any atom is -0.364 e. The molecule has 138 valence electrons. The predicted molar refractivity (Wildman–Crippen MR) is 108 cm³/mol. The highest BCUT2D eigenvalue weighted by Crippen LogP contribution is 2.23. The molecule has 1 aromatic heterocycles. The number of hydrogen-bond donors (Lipinski definition) is 2. The smallest absolute Gasteiger partial charge is 0.162 e. The topological polar surface area (TPSA) is 70.7 Å². The highest BCUT2D eigenvalue weighted by molar-refractivity contribution is 9.10. The average molecular weight is 448 g/mol. The Morgan fingerprint density at radius 2 is 2.00 bits per heavy atom. The quantitative estimate of drug-likeness (QED) is 0.246. The Morgan fingerprint density at radius 1 is 1.22 bits per heavy atom. The number of halogens is 2. The zero-order chi connectivity index (χ0) is 19.2. The molecule has 5 nitrogen and oxygen atoms in total. The maximum atomic E-state index is 13.4. The standard InChI is InChI=1S/C19H15BrFN3O2S/c20-16-9-13(6-7-17(16)21)22-19(23-25)15-11-26-24-18(15)10-14(27)8-12-4-2-1-3-5-12/h1-7,9,11,25H,8,10H2,(H,22,23). The van der Waals surface area contributed by atoms with Gasteiger partial charge >= 0.3 is 0 Å². The number of thiocarbonyl (C=S) groups is 1. The van der Waals surface area contributed by atoms with Gasteiger partial charge in [0.25, 0.3) is 0 Å². The van der Waals surface area contributed by atoms with Crippen LogP contribution in [0.2, 0.25) is 0 Å². The number of hydrogen-bond acceptors (Lipinski definition) is 5. The van der Waals surface area contributed by atoms with Crippen molar-refractivity contribution >= 4 is 44.5 Å². The zero-order valence-electron chi connectivity index (χ0n) is 14.0. The SMILES string of the molecule is ONC(=Nc1ccc(F)c(Br)c1)c1conc1CC(=S)Cc1ccccc1. The van der Waals surface area contributed by atoms with E-state index in [-0.39, 0.29) is 10.3 Å². The van der Waals surface area contributed by atoms with Gasteiger partial charge in [-0.1, -0.05) is 47.7 Å². The van der Waals surface area contributed by atoms with Gasteiger partial charge in [0.2, 0.25) is 0 Å². The lowest BCUT2D eigenvalue weighted by atomic mass is 10.0. The van der Waals surface area contributed by atoms with Crippen LogP contribution in [0.5, 0.6) is 0 Å². The van der Waals surface area contributed by atoms with Gasteiger partial charge in [-0.3, -0.25) is 10.7 Å². The molecule has 0 aliphatic rings. The van der Waals surface area contributed by atoms with Crippen LogP contribution in [-0.4, -0.2) is 21.1 Å². The van der Waals surface area contributed by atoms with E-state index < -0.39 is 5.82 Å². The molecule has 0 atom stereocenters.